The molecule has 31 heavy (non-hydrogen) atoms. The number of amides is 3. The van der Waals surface area contributed by atoms with Crippen LogP contribution in [0.4, 0.5) is 16.2 Å². The number of hydrogen-bond donors (Lipinski definition) is 2. The molecule has 3 aromatic carbocycles. The van der Waals surface area contributed by atoms with Gasteiger partial charge in [0, 0.05) is 27.7 Å². The van der Waals surface area contributed by atoms with Crippen molar-refractivity contribution >= 4 is 56.6 Å². The van der Waals surface area contributed by atoms with Crippen LogP contribution in [0.2, 0.25) is 5.02 Å². The molecule has 0 saturated carbocycles. The molecule has 156 valence electrons. The average molecular weight is 498 g/mol. The molecule has 1 atom stereocenters. The van der Waals surface area contributed by atoms with Crippen LogP contribution in [0.5, 0.6) is 0 Å². The summed E-state index contributed by atoms with van der Waals surface area (Å²) >= 11 is 9.64. The first-order valence-corrected chi connectivity index (χ1v) is 10.6. The highest BCUT2D eigenvalue weighted by atomic mass is 79.9. The predicted molar refractivity (Wildman–Crippen MR) is 127 cm³/mol. The van der Waals surface area contributed by atoms with Gasteiger partial charge in [-0.05, 0) is 46.3 Å². The normalized spacial score (nSPS) is 15.6. The number of fused-ring (bicyclic) bond motifs is 1. The summed E-state index contributed by atoms with van der Waals surface area (Å²) in [4.78, 5) is 31.9. The Morgan fingerprint density at radius 1 is 1.06 bits per heavy atom. The number of aliphatic imine (C=N–C) groups is 1. The monoisotopic (exact) mass is 496 g/mol. The lowest BCUT2D eigenvalue weighted by molar-refractivity contribution is -0.119. The molecular formula is C23H18BrClN4O2. The summed E-state index contributed by atoms with van der Waals surface area (Å²) in [5.41, 5.74) is 3.34. The fraction of sp³-hybridized carbons (Fsp3) is 0.0870. The van der Waals surface area contributed by atoms with Crippen LogP contribution in [0.15, 0.2) is 82.3 Å². The van der Waals surface area contributed by atoms with E-state index >= 15 is 0 Å². The van der Waals surface area contributed by atoms with Gasteiger partial charge in [0.2, 0.25) is 6.17 Å². The lowest BCUT2D eigenvalue weighted by Crippen LogP contribution is -2.47. The second-order valence-corrected chi connectivity index (χ2v) is 8.17. The number of carbonyl (C=O) groups excluding carboxylic acids is 2. The molecule has 3 aromatic rings. The van der Waals surface area contributed by atoms with Crippen LogP contribution >= 0.6 is 27.5 Å². The SMILES string of the molecule is CN1C(=O)C(NC(=O)Nc2ccccc2Br)N=C(c2ccccc2)c2cc(Cl)ccc21. The van der Waals surface area contributed by atoms with Crippen LogP contribution in [0.3, 0.4) is 0 Å². The molecule has 1 unspecified atom stereocenters. The van der Waals surface area contributed by atoms with E-state index in [-0.39, 0.29) is 5.91 Å². The lowest BCUT2D eigenvalue weighted by Gasteiger charge is -2.21. The van der Waals surface area contributed by atoms with Gasteiger partial charge in [0.15, 0.2) is 0 Å². The molecule has 0 aliphatic carbocycles. The third-order valence-corrected chi connectivity index (χ3v) is 5.76. The van der Waals surface area contributed by atoms with E-state index in [2.05, 4.69) is 31.6 Å². The first kappa shape index (κ1) is 21.1. The molecule has 0 fully saturated rings. The van der Waals surface area contributed by atoms with Crippen LogP contribution in [0, 0.1) is 0 Å². The molecular weight excluding hydrogens is 480 g/mol. The van der Waals surface area contributed by atoms with Crippen LogP contribution in [-0.2, 0) is 4.79 Å². The van der Waals surface area contributed by atoms with E-state index in [1.165, 1.54) is 4.90 Å². The first-order chi connectivity index (χ1) is 14.9. The molecule has 3 amide bonds. The highest BCUT2D eigenvalue weighted by molar-refractivity contribution is 9.10. The number of likely N-dealkylation sites (N-methyl/N-ethyl adjacent to an activating group) is 1. The summed E-state index contributed by atoms with van der Waals surface area (Å²) in [5.74, 6) is -0.364. The fourth-order valence-electron chi connectivity index (χ4n) is 3.31. The van der Waals surface area contributed by atoms with E-state index in [0.29, 0.717) is 27.7 Å². The Bertz CT molecular complexity index is 1180. The molecule has 0 aromatic heterocycles. The third kappa shape index (κ3) is 4.47. The molecule has 0 bridgehead atoms. The zero-order valence-corrected chi connectivity index (χ0v) is 18.8. The van der Waals surface area contributed by atoms with Crippen molar-refractivity contribution in [3.8, 4) is 0 Å². The Labute approximate surface area is 193 Å². The highest BCUT2D eigenvalue weighted by Crippen LogP contribution is 2.30. The Kier molecular flexibility index (Phi) is 6.06. The molecule has 0 radical (unpaired) electrons. The maximum absolute atomic E-state index is 13.2. The number of hydrogen-bond acceptors (Lipinski definition) is 3. The van der Waals surface area contributed by atoms with Crippen molar-refractivity contribution in [2.24, 2.45) is 4.99 Å². The number of nitrogens with zero attached hydrogens (tertiary/aromatic N) is 2. The zero-order chi connectivity index (χ0) is 22.0. The molecule has 1 aliphatic heterocycles. The van der Waals surface area contributed by atoms with Crippen molar-refractivity contribution in [1.82, 2.24) is 5.32 Å². The summed E-state index contributed by atoms with van der Waals surface area (Å²) < 4.78 is 0.727. The second-order valence-electron chi connectivity index (χ2n) is 6.88. The van der Waals surface area contributed by atoms with Gasteiger partial charge in [-0.1, -0.05) is 54.1 Å². The van der Waals surface area contributed by atoms with E-state index in [0.717, 1.165) is 10.0 Å². The molecule has 0 spiro atoms. The Morgan fingerprint density at radius 3 is 2.52 bits per heavy atom. The van der Waals surface area contributed by atoms with Crippen molar-refractivity contribution in [3.05, 3.63) is 93.4 Å². The number of benzene rings is 3. The van der Waals surface area contributed by atoms with Crippen LogP contribution in [0.25, 0.3) is 0 Å². The molecule has 8 heteroatoms. The van der Waals surface area contributed by atoms with Gasteiger partial charge in [-0.2, -0.15) is 0 Å². The van der Waals surface area contributed by atoms with Crippen molar-refractivity contribution in [2.45, 2.75) is 6.17 Å². The van der Waals surface area contributed by atoms with Crippen molar-refractivity contribution in [3.63, 3.8) is 0 Å². The predicted octanol–water partition coefficient (Wildman–Crippen LogP) is 5.06. The lowest BCUT2D eigenvalue weighted by atomic mass is 10.0. The number of rotatable bonds is 3. The van der Waals surface area contributed by atoms with E-state index < -0.39 is 12.2 Å². The van der Waals surface area contributed by atoms with Crippen molar-refractivity contribution in [2.75, 3.05) is 17.3 Å². The van der Waals surface area contributed by atoms with Crippen molar-refractivity contribution in [1.29, 1.82) is 0 Å². The maximum Gasteiger partial charge on any atom is 0.321 e. The molecule has 1 aliphatic rings. The Morgan fingerprint density at radius 2 is 1.77 bits per heavy atom. The highest BCUT2D eigenvalue weighted by Gasteiger charge is 2.31. The third-order valence-electron chi connectivity index (χ3n) is 4.83. The number of urea groups is 1. The quantitative estimate of drug-likeness (QED) is 0.530. The second kappa shape index (κ2) is 8.91. The van der Waals surface area contributed by atoms with Gasteiger partial charge in [0.1, 0.15) is 0 Å². The summed E-state index contributed by atoms with van der Waals surface area (Å²) in [6, 6.07) is 21.4. The number of carbonyl (C=O) groups is 2. The van der Waals surface area contributed by atoms with Gasteiger partial charge in [-0.25, -0.2) is 9.79 Å². The molecule has 4 rings (SSSR count). The minimum Gasteiger partial charge on any atom is -0.311 e. The first-order valence-electron chi connectivity index (χ1n) is 9.47. The number of anilines is 2. The van der Waals surface area contributed by atoms with Gasteiger partial charge in [-0.3, -0.25) is 4.79 Å². The fourth-order valence-corrected chi connectivity index (χ4v) is 3.87. The molecule has 6 nitrogen and oxygen atoms in total. The van der Waals surface area contributed by atoms with Gasteiger partial charge in [-0.15, -0.1) is 0 Å². The number of para-hydroxylation sites is 1. The zero-order valence-electron chi connectivity index (χ0n) is 16.5. The van der Waals surface area contributed by atoms with Gasteiger partial charge < -0.3 is 15.5 Å². The van der Waals surface area contributed by atoms with E-state index in [4.69, 9.17) is 11.6 Å². The minimum atomic E-state index is -1.12. The Balaban J connectivity index is 1.72. The van der Waals surface area contributed by atoms with Crippen LogP contribution < -0.4 is 15.5 Å². The summed E-state index contributed by atoms with van der Waals surface area (Å²) in [7, 11) is 1.65. The molecule has 0 saturated heterocycles. The largest absolute Gasteiger partial charge is 0.321 e. The summed E-state index contributed by atoms with van der Waals surface area (Å²) in [5, 5.41) is 5.95. The van der Waals surface area contributed by atoms with Crippen LogP contribution in [-0.4, -0.2) is 30.9 Å². The number of halogens is 2. The summed E-state index contributed by atoms with van der Waals surface area (Å²) in [6.45, 7) is 0. The maximum atomic E-state index is 13.2. The minimum absolute atomic E-state index is 0.364. The summed E-state index contributed by atoms with van der Waals surface area (Å²) in [6.07, 6.45) is -1.12. The Hall–Kier alpha value is -3.16. The average Bonchev–Trinajstić information content (AvgIpc) is 2.86. The molecule has 2 N–H and O–H groups in total. The van der Waals surface area contributed by atoms with E-state index in [1.54, 1.807) is 37.4 Å². The van der Waals surface area contributed by atoms with Crippen LogP contribution in [0.1, 0.15) is 11.1 Å². The molecule has 1 heterocycles. The number of nitrogens with one attached hydrogen (secondary N) is 2. The van der Waals surface area contributed by atoms with E-state index in [1.807, 2.05) is 42.5 Å². The smallest absolute Gasteiger partial charge is 0.311 e. The van der Waals surface area contributed by atoms with Crippen molar-refractivity contribution < 1.29 is 9.59 Å². The van der Waals surface area contributed by atoms with E-state index in [9.17, 15) is 9.59 Å². The standard InChI is InChI=1S/C23H18BrClN4O2/c1-29-19-12-11-15(25)13-16(19)20(14-7-3-2-4-8-14)27-21(22(29)30)28-23(31)26-18-10-6-5-9-17(18)24/h2-13,21H,1H3,(H2,26,28,31). The topological polar surface area (TPSA) is 73.8 Å². The van der Waals surface area contributed by atoms with Gasteiger partial charge >= 0.3 is 6.03 Å². The van der Waals surface area contributed by atoms with Gasteiger partial charge in [0.05, 0.1) is 17.1 Å². The van der Waals surface area contributed by atoms with Gasteiger partial charge in [0.25, 0.3) is 5.91 Å². The number of benzodiazepines with no additional fused rings is 1.